The van der Waals surface area contributed by atoms with Crippen molar-refractivity contribution in [3.63, 3.8) is 0 Å². The molecule has 0 aliphatic heterocycles. The Morgan fingerprint density at radius 2 is 1.50 bits per heavy atom. The third-order valence-corrected chi connectivity index (χ3v) is 4.70. The first-order valence-corrected chi connectivity index (χ1v) is 9.36. The number of aromatic nitrogens is 2. The zero-order chi connectivity index (χ0) is 19.3. The maximum absolute atomic E-state index is 13.1. The molecular formula is C18H17F3N2O2S. The average molecular weight is 382 g/mol. The van der Waals surface area contributed by atoms with E-state index in [1.54, 1.807) is 24.3 Å². The van der Waals surface area contributed by atoms with Crippen LogP contribution in [-0.4, -0.2) is 31.8 Å². The van der Waals surface area contributed by atoms with Crippen LogP contribution in [0, 0.1) is 5.82 Å². The summed E-state index contributed by atoms with van der Waals surface area (Å²) in [6.07, 6.45) is 1.13. The molecule has 2 aromatic carbocycles. The lowest BCUT2D eigenvalue weighted by molar-refractivity contribution is 0.468. The molecule has 26 heavy (non-hydrogen) atoms. The van der Waals surface area contributed by atoms with E-state index in [9.17, 15) is 21.6 Å². The first kappa shape index (κ1) is 19.7. The summed E-state index contributed by atoms with van der Waals surface area (Å²) in [7, 11) is -2.80. The Morgan fingerprint density at radius 3 is 2.00 bits per heavy atom. The molecule has 0 unspecified atom stereocenters. The molecule has 0 fully saturated rings. The number of nitrogens with one attached hydrogen (secondary N) is 1. The Morgan fingerprint density at radius 1 is 0.962 bits per heavy atom. The van der Waals surface area contributed by atoms with Gasteiger partial charge in [0, 0.05) is 17.4 Å². The summed E-state index contributed by atoms with van der Waals surface area (Å²) < 4.78 is 58.7. The summed E-state index contributed by atoms with van der Waals surface area (Å²) >= 11 is 0. The van der Waals surface area contributed by atoms with Gasteiger partial charge in [-0.2, -0.15) is 0 Å². The summed E-state index contributed by atoms with van der Waals surface area (Å²) in [5, 5.41) is 0. The van der Waals surface area contributed by atoms with E-state index in [-0.39, 0.29) is 16.5 Å². The van der Waals surface area contributed by atoms with E-state index in [1.165, 1.54) is 24.3 Å². The van der Waals surface area contributed by atoms with Gasteiger partial charge in [-0.3, -0.25) is 4.39 Å². The van der Waals surface area contributed by atoms with Crippen molar-refractivity contribution in [1.29, 1.82) is 0 Å². The smallest absolute Gasteiger partial charge is 0.175 e. The van der Waals surface area contributed by atoms with Gasteiger partial charge in [0.25, 0.3) is 0 Å². The Hall–Kier alpha value is -2.61. The monoisotopic (exact) mass is 382 g/mol. The van der Waals surface area contributed by atoms with Crippen molar-refractivity contribution in [2.45, 2.75) is 11.6 Å². The molecule has 1 aromatic heterocycles. The van der Waals surface area contributed by atoms with E-state index < -0.39 is 16.5 Å². The summed E-state index contributed by atoms with van der Waals surface area (Å²) in [6, 6.07) is 11.9. The first-order valence-electron chi connectivity index (χ1n) is 7.47. The lowest BCUT2D eigenvalue weighted by atomic mass is 10.1. The zero-order valence-electron chi connectivity index (χ0n) is 14.1. The van der Waals surface area contributed by atoms with Crippen LogP contribution in [-0.2, 0) is 16.5 Å². The van der Waals surface area contributed by atoms with Crippen LogP contribution in [0.25, 0.3) is 22.5 Å². The van der Waals surface area contributed by atoms with Gasteiger partial charge in [-0.05, 0) is 36.4 Å². The van der Waals surface area contributed by atoms with Gasteiger partial charge in [0.2, 0.25) is 0 Å². The Balaban J connectivity index is 0.00000117. The van der Waals surface area contributed by atoms with Crippen LogP contribution in [0.4, 0.5) is 13.2 Å². The molecule has 0 aliphatic carbocycles. The van der Waals surface area contributed by atoms with Crippen LogP contribution >= 0.6 is 0 Å². The lowest BCUT2D eigenvalue weighted by Crippen LogP contribution is -1.96. The number of halogens is 3. The second-order valence-corrected chi connectivity index (χ2v) is 7.36. The fourth-order valence-electron chi connectivity index (χ4n) is 2.38. The van der Waals surface area contributed by atoms with Gasteiger partial charge in [0.1, 0.15) is 18.3 Å². The highest BCUT2D eigenvalue weighted by molar-refractivity contribution is 7.90. The molecular weight excluding hydrogens is 365 g/mol. The minimum atomic E-state index is -3.30. The highest BCUT2D eigenvalue weighted by Crippen LogP contribution is 2.31. The molecule has 3 aromatic rings. The van der Waals surface area contributed by atoms with E-state index in [2.05, 4.69) is 9.97 Å². The van der Waals surface area contributed by atoms with Crippen molar-refractivity contribution < 1.29 is 21.6 Å². The Bertz CT molecular complexity index is 967. The highest BCUT2D eigenvalue weighted by Gasteiger charge is 2.15. The fraction of sp³-hybridized carbons (Fsp3) is 0.167. The van der Waals surface area contributed by atoms with Gasteiger partial charge in [-0.1, -0.05) is 12.1 Å². The van der Waals surface area contributed by atoms with Crippen LogP contribution < -0.4 is 0 Å². The lowest BCUT2D eigenvalue weighted by Gasteiger charge is -2.04. The molecule has 4 nitrogen and oxygen atoms in total. The van der Waals surface area contributed by atoms with E-state index in [0.29, 0.717) is 29.7 Å². The third kappa shape index (κ3) is 4.32. The van der Waals surface area contributed by atoms with Crippen LogP contribution in [0.3, 0.4) is 0 Å². The van der Waals surface area contributed by atoms with Crippen LogP contribution in [0.1, 0.15) is 5.82 Å². The molecule has 1 heterocycles. The number of hydrogen-bond acceptors (Lipinski definition) is 3. The molecule has 3 rings (SSSR count). The van der Waals surface area contributed by atoms with Crippen molar-refractivity contribution in [2.75, 3.05) is 13.4 Å². The number of H-pyrrole nitrogens is 1. The van der Waals surface area contributed by atoms with Gasteiger partial charge in [0.05, 0.1) is 23.5 Å². The second-order valence-electron chi connectivity index (χ2n) is 5.34. The third-order valence-electron chi connectivity index (χ3n) is 3.57. The molecule has 0 atom stereocenters. The molecule has 0 saturated heterocycles. The fourth-order valence-corrected chi connectivity index (χ4v) is 3.01. The highest BCUT2D eigenvalue weighted by atomic mass is 32.2. The summed E-state index contributed by atoms with van der Waals surface area (Å²) in [5.41, 5.74) is 2.33. The van der Waals surface area contributed by atoms with Gasteiger partial charge >= 0.3 is 0 Å². The van der Waals surface area contributed by atoms with Crippen molar-refractivity contribution in [2.24, 2.45) is 0 Å². The zero-order valence-corrected chi connectivity index (χ0v) is 14.9. The van der Waals surface area contributed by atoms with Crippen LogP contribution in [0.2, 0.25) is 0 Å². The topological polar surface area (TPSA) is 62.8 Å². The molecule has 138 valence electrons. The van der Waals surface area contributed by atoms with E-state index >= 15 is 0 Å². The van der Waals surface area contributed by atoms with Gasteiger partial charge < -0.3 is 4.98 Å². The number of aromatic amines is 1. The van der Waals surface area contributed by atoms with Crippen molar-refractivity contribution in [1.82, 2.24) is 9.97 Å². The summed E-state index contributed by atoms with van der Waals surface area (Å²) in [6.45, 7) is -0.768. The van der Waals surface area contributed by atoms with Crippen molar-refractivity contribution in [3.05, 3.63) is 60.2 Å². The van der Waals surface area contributed by atoms with Gasteiger partial charge in [-0.15, -0.1) is 0 Å². The Labute approximate surface area is 149 Å². The van der Waals surface area contributed by atoms with E-state index in [0.717, 1.165) is 6.26 Å². The molecule has 0 radical (unpaired) electrons. The molecule has 0 saturated carbocycles. The number of nitrogens with zero attached hydrogens (tertiary/aromatic N) is 1. The molecule has 1 N–H and O–H groups in total. The number of imidazole rings is 1. The standard InChI is InChI=1S/C17H14F2N2O2S.CH3F/c1-24(22,23)14-8-4-12(5-9-14)17-16(20-15(10-18)21-17)11-2-6-13(19)7-3-11;1-2/h2-9H,10H2,1H3,(H,20,21);1H3. The predicted molar refractivity (Wildman–Crippen MR) is 94.4 cm³/mol. The van der Waals surface area contributed by atoms with Crippen LogP contribution in [0.5, 0.6) is 0 Å². The number of hydrogen-bond donors (Lipinski definition) is 1. The van der Waals surface area contributed by atoms with Crippen LogP contribution in [0.15, 0.2) is 53.4 Å². The van der Waals surface area contributed by atoms with Crippen molar-refractivity contribution >= 4 is 9.84 Å². The first-order chi connectivity index (χ1) is 12.4. The quantitative estimate of drug-likeness (QED) is 0.730. The normalized spacial score (nSPS) is 11.0. The molecule has 0 spiro atoms. The maximum Gasteiger partial charge on any atom is 0.175 e. The van der Waals surface area contributed by atoms with Gasteiger partial charge in [-0.25, -0.2) is 22.2 Å². The summed E-state index contributed by atoms with van der Waals surface area (Å²) in [5.74, 6) is -0.223. The minimum Gasteiger partial charge on any atom is -0.339 e. The molecule has 8 heteroatoms. The number of rotatable bonds is 4. The van der Waals surface area contributed by atoms with Crippen molar-refractivity contribution in [3.8, 4) is 22.5 Å². The SMILES string of the molecule is CF.CS(=O)(=O)c1ccc(-c2nc(CF)[nH]c2-c2ccc(F)cc2)cc1. The predicted octanol–water partition coefficient (Wildman–Crippen LogP) is 4.34. The molecule has 0 aliphatic rings. The summed E-state index contributed by atoms with van der Waals surface area (Å²) in [4.78, 5) is 7.29. The number of sulfone groups is 1. The second kappa shape index (κ2) is 8.18. The molecule has 0 amide bonds. The number of benzene rings is 2. The minimum absolute atomic E-state index is 0.150. The van der Waals surface area contributed by atoms with Gasteiger partial charge in [0.15, 0.2) is 9.84 Å². The Kier molecular flexibility index (Phi) is 6.20. The van der Waals surface area contributed by atoms with E-state index in [4.69, 9.17) is 0 Å². The molecule has 0 bridgehead atoms. The number of alkyl halides is 2. The average Bonchev–Trinajstić information content (AvgIpc) is 3.08. The largest absolute Gasteiger partial charge is 0.339 e. The maximum atomic E-state index is 13.1. The van der Waals surface area contributed by atoms with E-state index in [1.807, 2.05) is 0 Å².